The Labute approximate surface area is 299 Å². The molecule has 0 spiro atoms. The molecule has 0 amide bonds. The van der Waals surface area contributed by atoms with E-state index in [2.05, 4.69) is 131 Å². The van der Waals surface area contributed by atoms with Gasteiger partial charge < -0.3 is 9.32 Å². The zero-order valence-electron chi connectivity index (χ0n) is 28.3. The van der Waals surface area contributed by atoms with Gasteiger partial charge in [0.25, 0.3) is 0 Å². The fraction of sp³-hybridized carbons (Fsp3) is 0.0217. The smallest absolute Gasteiger partial charge is 0.238 e. The molecule has 10 rings (SSSR count). The summed E-state index contributed by atoms with van der Waals surface area (Å²) < 4.78 is 8.35. The molecule has 0 aliphatic heterocycles. The standard InChI is InChI=1S/C46H31N5O/c1-30-47-45(32-13-4-2-5-14-32)49-46(48-30)51-41-21-10-8-17-37(41)39-20-12-19-36(44(39)51)31-23-25-34(26-24-31)50(33-15-6-3-7-16-33)35-27-28-43-40(29-35)38-18-9-11-22-42(38)52-43/h2-29H,1H3. The average Bonchev–Trinajstić information content (AvgIpc) is 3.75. The minimum absolute atomic E-state index is 0.596. The third-order valence-corrected chi connectivity index (χ3v) is 9.73. The maximum atomic E-state index is 6.16. The third-order valence-electron chi connectivity index (χ3n) is 9.73. The second-order valence-corrected chi connectivity index (χ2v) is 12.9. The molecule has 3 aromatic heterocycles. The molecule has 0 fully saturated rings. The normalized spacial score (nSPS) is 11.6. The summed E-state index contributed by atoms with van der Waals surface area (Å²) in [6, 6.07) is 59.0. The lowest BCUT2D eigenvalue weighted by molar-refractivity contribution is 0.669. The summed E-state index contributed by atoms with van der Waals surface area (Å²) in [6.07, 6.45) is 0. The van der Waals surface area contributed by atoms with E-state index < -0.39 is 0 Å². The minimum atomic E-state index is 0.596. The van der Waals surface area contributed by atoms with Crippen LogP contribution in [0.15, 0.2) is 174 Å². The number of aryl methyl sites for hydroxylation is 1. The van der Waals surface area contributed by atoms with E-state index in [1.807, 2.05) is 55.5 Å². The number of rotatable bonds is 6. The summed E-state index contributed by atoms with van der Waals surface area (Å²) in [5.74, 6) is 1.91. The first-order valence-corrected chi connectivity index (χ1v) is 17.4. The van der Waals surface area contributed by atoms with E-state index in [0.29, 0.717) is 17.6 Å². The summed E-state index contributed by atoms with van der Waals surface area (Å²) in [4.78, 5) is 17.0. The van der Waals surface area contributed by atoms with Crippen LogP contribution in [0.2, 0.25) is 0 Å². The first kappa shape index (κ1) is 29.8. The van der Waals surface area contributed by atoms with Gasteiger partial charge in [-0.1, -0.05) is 115 Å². The van der Waals surface area contributed by atoms with E-state index in [9.17, 15) is 0 Å². The van der Waals surface area contributed by atoms with Crippen LogP contribution < -0.4 is 4.90 Å². The molecular weight excluding hydrogens is 639 g/mol. The van der Waals surface area contributed by atoms with Crippen LogP contribution in [0, 0.1) is 6.92 Å². The number of benzene rings is 7. The van der Waals surface area contributed by atoms with E-state index in [0.717, 1.165) is 77.5 Å². The highest BCUT2D eigenvalue weighted by Crippen LogP contribution is 2.41. The van der Waals surface area contributed by atoms with Gasteiger partial charge >= 0.3 is 0 Å². The highest BCUT2D eigenvalue weighted by atomic mass is 16.3. The predicted octanol–water partition coefficient (Wildman–Crippen LogP) is 12.0. The van der Waals surface area contributed by atoms with Crippen molar-refractivity contribution in [1.82, 2.24) is 19.5 Å². The first-order valence-electron chi connectivity index (χ1n) is 17.4. The van der Waals surface area contributed by atoms with E-state index in [4.69, 9.17) is 19.4 Å². The highest BCUT2D eigenvalue weighted by molar-refractivity contribution is 6.13. The lowest BCUT2D eigenvalue weighted by Crippen LogP contribution is -2.09. The number of para-hydroxylation sites is 4. The molecule has 0 aliphatic rings. The van der Waals surface area contributed by atoms with Gasteiger partial charge in [-0.05, 0) is 67.1 Å². The van der Waals surface area contributed by atoms with E-state index in [1.165, 1.54) is 0 Å². The number of aromatic nitrogens is 4. The van der Waals surface area contributed by atoms with Gasteiger partial charge in [0.1, 0.15) is 17.0 Å². The Morgan fingerprint density at radius 2 is 1.13 bits per heavy atom. The molecule has 6 heteroatoms. The number of hydrogen-bond donors (Lipinski definition) is 0. The van der Waals surface area contributed by atoms with E-state index in [1.54, 1.807) is 0 Å². The molecule has 0 unspecified atom stereocenters. The fourth-order valence-electron chi connectivity index (χ4n) is 7.41. The quantitative estimate of drug-likeness (QED) is 0.176. The van der Waals surface area contributed by atoms with Crippen LogP contribution in [0.3, 0.4) is 0 Å². The maximum absolute atomic E-state index is 6.16. The van der Waals surface area contributed by atoms with Crippen molar-refractivity contribution in [3.05, 3.63) is 176 Å². The third kappa shape index (κ3) is 4.92. The molecule has 52 heavy (non-hydrogen) atoms. The lowest BCUT2D eigenvalue weighted by Gasteiger charge is -2.25. The zero-order valence-corrected chi connectivity index (χ0v) is 28.3. The van der Waals surface area contributed by atoms with Crippen molar-refractivity contribution in [3.63, 3.8) is 0 Å². The first-order chi connectivity index (χ1) is 25.7. The number of hydrogen-bond acceptors (Lipinski definition) is 5. The topological polar surface area (TPSA) is 60.0 Å². The highest BCUT2D eigenvalue weighted by Gasteiger charge is 2.20. The van der Waals surface area contributed by atoms with Gasteiger partial charge in [0, 0.05) is 49.7 Å². The average molecular weight is 670 g/mol. The number of nitrogens with zero attached hydrogens (tertiary/aromatic N) is 5. The van der Waals surface area contributed by atoms with Crippen molar-refractivity contribution in [1.29, 1.82) is 0 Å². The van der Waals surface area contributed by atoms with Gasteiger partial charge in [0.05, 0.1) is 11.0 Å². The molecule has 0 bridgehead atoms. The predicted molar refractivity (Wildman–Crippen MR) is 212 cm³/mol. The second kappa shape index (κ2) is 12.1. The summed E-state index contributed by atoms with van der Waals surface area (Å²) in [5.41, 5.74) is 10.2. The van der Waals surface area contributed by atoms with Gasteiger partial charge in [0.15, 0.2) is 5.82 Å². The van der Waals surface area contributed by atoms with Gasteiger partial charge in [-0.2, -0.15) is 9.97 Å². The Morgan fingerprint density at radius 3 is 1.96 bits per heavy atom. The minimum Gasteiger partial charge on any atom is -0.456 e. The van der Waals surface area contributed by atoms with Crippen molar-refractivity contribution in [2.24, 2.45) is 0 Å². The van der Waals surface area contributed by atoms with Crippen LogP contribution in [-0.2, 0) is 0 Å². The van der Waals surface area contributed by atoms with Gasteiger partial charge in [0.2, 0.25) is 5.95 Å². The molecule has 3 heterocycles. The monoisotopic (exact) mass is 669 g/mol. The molecule has 7 aromatic carbocycles. The van der Waals surface area contributed by atoms with Crippen molar-refractivity contribution in [2.45, 2.75) is 6.92 Å². The summed E-state index contributed by atoms with van der Waals surface area (Å²) in [6.45, 7) is 1.93. The summed E-state index contributed by atoms with van der Waals surface area (Å²) in [7, 11) is 0. The molecule has 0 N–H and O–H groups in total. The molecule has 0 saturated carbocycles. The van der Waals surface area contributed by atoms with Crippen LogP contribution in [-0.4, -0.2) is 19.5 Å². The largest absolute Gasteiger partial charge is 0.456 e. The van der Waals surface area contributed by atoms with Gasteiger partial charge in [-0.15, -0.1) is 0 Å². The van der Waals surface area contributed by atoms with Crippen molar-refractivity contribution in [2.75, 3.05) is 4.90 Å². The number of furan rings is 1. The molecule has 0 aliphatic carbocycles. The van der Waals surface area contributed by atoms with E-state index in [-0.39, 0.29) is 0 Å². The Kier molecular flexibility index (Phi) is 6.93. The van der Waals surface area contributed by atoms with Crippen LogP contribution >= 0.6 is 0 Å². The molecular formula is C46H31N5O. The Balaban J connectivity index is 1.13. The maximum Gasteiger partial charge on any atom is 0.238 e. The SMILES string of the molecule is Cc1nc(-c2ccccc2)nc(-n2c3ccccc3c3cccc(-c4ccc(N(c5ccccc5)c5ccc6oc7ccccc7c6c5)cc4)c32)n1. The number of fused-ring (bicyclic) bond motifs is 6. The lowest BCUT2D eigenvalue weighted by atomic mass is 10.0. The van der Waals surface area contributed by atoms with Crippen LogP contribution in [0.4, 0.5) is 17.1 Å². The zero-order chi connectivity index (χ0) is 34.6. The Bertz CT molecular complexity index is 2910. The summed E-state index contributed by atoms with van der Waals surface area (Å²) >= 11 is 0. The van der Waals surface area contributed by atoms with Crippen molar-refractivity contribution in [3.8, 4) is 28.5 Å². The van der Waals surface area contributed by atoms with Crippen molar-refractivity contribution < 1.29 is 4.42 Å². The van der Waals surface area contributed by atoms with Crippen molar-refractivity contribution >= 4 is 60.8 Å². The Morgan fingerprint density at radius 1 is 0.481 bits per heavy atom. The Hall–Kier alpha value is -7.05. The fourth-order valence-corrected chi connectivity index (χ4v) is 7.41. The molecule has 0 atom stereocenters. The van der Waals surface area contributed by atoms with E-state index >= 15 is 0 Å². The molecule has 0 saturated heterocycles. The molecule has 10 aromatic rings. The van der Waals surface area contributed by atoms with Crippen LogP contribution in [0.5, 0.6) is 0 Å². The van der Waals surface area contributed by atoms with Gasteiger partial charge in [-0.3, -0.25) is 4.57 Å². The molecule has 246 valence electrons. The van der Waals surface area contributed by atoms with Crippen LogP contribution in [0.25, 0.3) is 72.2 Å². The summed E-state index contributed by atoms with van der Waals surface area (Å²) in [5, 5.41) is 4.49. The van der Waals surface area contributed by atoms with Crippen LogP contribution in [0.1, 0.15) is 5.82 Å². The molecule has 6 nitrogen and oxygen atoms in total. The molecule has 0 radical (unpaired) electrons. The second-order valence-electron chi connectivity index (χ2n) is 12.9. The van der Waals surface area contributed by atoms with Gasteiger partial charge in [-0.25, -0.2) is 4.98 Å². The number of anilines is 3.